The molecule has 0 aliphatic rings. The average molecular weight is 198 g/mol. The van der Waals surface area contributed by atoms with Gasteiger partial charge in [0.05, 0.1) is 0 Å². The van der Waals surface area contributed by atoms with Crippen molar-refractivity contribution < 1.29 is 19.1 Å². The van der Waals surface area contributed by atoms with Gasteiger partial charge in [0.1, 0.15) is 0 Å². The number of hydrogen-bond donors (Lipinski definition) is 0. The molecule has 14 heavy (non-hydrogen) atoms. The topological polar surface area (TPSA) is 70.4 Å². The van der Waals surface area contributed by atoms with Gasteiger partial charge in [-0.15, -0.1) is 0 Å². The zero-order valence-electron chi connectivity index (χ0n) is 7.84. The highest BCUT2D eigenvalue weighted by Crippen LogP contribution is 2.01. The van der Waals surface area contributed by atoms with Gasteiger partial charge in [-0.05, 0) is 0 Å². The van der Waals surface area contributed by atoms with Crippen LogP contribution in [0.25, 0.3) is 0 Å². The van der Waals surface area contributed by atoms with Crippen molar-refractivity contribution in [2.75, 3.05) is 0 Å². The molecule has 76 valence electrons. The standard InChI is InChI=1S/C8H10N2O4/c1-6(13-5-11)14-8(12)7-9-3-4-10(7)2/h3-6H,1-2H3. The van der Waals surface area contributed by atoms with Crippen LogP contribution in [0.1, 0.15) is 17.5 Å². The Morgan fingerprint density at radius 3 is 2.93 bits per heavy atom. The lowest BCUT2D eigenvalue weighted by atomic mass is 10.6. The van der Waals surface area contributed by atoms with Crippen LogP contribution in [0.2, 0.25) is 0 Å². The van der Waals surface area contributed by atoms with Gasteiger partial charge in [-0.2, -0.15) is 0 Å². The summed E-state index contributed by atoms with van der Waals surface area (Å²) in [5.41, 5.74) is 0. The van der Waals surface area contributed by atoms with Gasteiger partial charge in [-0.1, -0.05) is 0 Å². The summed E-state index contributed by atoms with van der Waals surface area (Å²) in [6.45, 7) is 1.66. The van der Waals surface area contributed by atoms with Gasteiger partial charge in [0.25, 0.3) is 6.47 Å². The highest BCUT2D eigenvalue weighted by molar-refractivity contribution is 5.85. The minimum Gasteiger partial charge on any atom is -0.428 e. The number of carbonyl (C=O) groups excluding carboxylic acids is 2. The first kappa shape index (κ1) is 10.2. The van der Waals surface area contributed by atoms with Gasteiger partial charge in [0, 0.05) is 26.4 Å². The van der Waals surface area contributed by atoms with Crippen molar-refractivity contribution in [1.29, 1.82) is 0 Å². The fraction of sp³-hybridized carbons (Fsp3) is 0.375. The number of esters is 1. The second-order valence-corrected chi connectivity index (χ2v) is 2.57. The Balaban J connectivity index is 2.59. The quantitative estimate of drug-likeness (QED) is 0.389. The number of rotatable bonds is 4. The van der Waals surface area contributed by atoms with Crippen molar-refractivity contribution in [2.45, 2.75) is 13.2 Å². The largest absolute Gasteiger partial charge is 0.428 e. The monoisotopic (exact) mass is 198 g/mol. The van der Waals surface area contributed by atoms with Crippen LogP contribution in [0.3, 0.4) is 0 Å². The molecule has 0 bridgehead atoms. The summed E-state index contributed by atoms with van der Waals surface area (Å²) in [5.74, 6) is -0.474. The van der Waals surface area contributed by atoms with Crippen LogP contribution < -0.4 is 0 Å². The molecule has 0 aromatic carbocycles. The first-order chi connectivity index (χ1) is 6.65. The van der Waals surface area contributed by atoms with E-state index in [2.05, 4.69) is 9.72 Å². The van der Waals surface area contributed by atoms with Crippen molar-refractivity contribution in [2.24, 2.45) is 7.05 Å². The Bertz CT molecular complexity index is 334. The van der Waals surface area contributed by atoms with Crippen molar-refractivity contribution in [3.63, 3.8) is 0 Å². The molecular weight excluding hydrogens is 188 g/mol. The molecule has 0 N–H and O–H groups in total. The van der Waals surface area contributed by atoms with E-state index >= 15 is 0 Å². The third-order valence-electron chi connectivity index (χ3n) is 1.52. The van der Waals surface area contributed by atoms with Gasteiger partial charge in [-0.25, -0.2) is 9.78 Å². The van der Waals surface area contributed by atoms with E-state index in [9.17, 15) is 9.59 Å². The van der Waals surface area contributed by atoms with Crippen LogP contribution in [0.15, 0.2) is 12.4 Å². The zero-order valence-corrected chi connectivity index (χ0v) is 7.84. The minimum atomic E-state index is -0.906. The third kappa shape index (κ3) is 2.32. The summed E-state index contributed by atoms with van der Waals surface area (Å²) in [7, 11) is 1.66. The van der Waals surface area contributed by atoms with Crippen LogP contribution in [0.4, 0.5) is 0 Å². The molecule has 1 aromatic rings. The lowest BCUT2D eigenvalue weighted by Gasteiger charge is -2.09. The number of nitrogens with zero attached hydrogens (tertiary/aromatic N) is 2. The van der Waals surface area contributed by atoms with Gasteiger partial charge in [-0.3, -0.25) is 4.79 Å². The Labute approximate surface area is 80.4 Å². The van der Waals surface area contributed by atoms with Gasteiger partial charge in [0.2, 0.25) is 12.1 Å². The van der Waals surface area contributed by atoms with E-state index in [1.807, 2.05) is 0 Å². The molecule has 1 heterocycles. The van der Waals surface area contributed by atoms with Crippen LogP contribution in [-0.2, 0) is 21.3 Å². The third-order valence-corrected chi connectivity index (χ3v) is 1.52. The first-order valence-electron chi connectivity index (χ1n) is 3.92. The van der Waals surface area contributed by atoms with Gasteiger partial charge >= 0.3 is 5.97 Å². The number of hydrogen-bond acceptors (Lipinski definition) is 5. The second-order valence-electron chi connectivity index (χ2n) is 2.57. The smallest absolute Gasteiger partial charge is 0.377 e. The lowest BCUT2D eigenvalue weighted by Crippen LogP contribution is -2.20. The van der Waals surface area contributed by atoms with Crippen molar-refractivity contribution in [3.05, 3.63) is 18.2 Å². The number of aryl methyl sites for hydroxylation is 1. The molecule has 0 radical (unpaired) electrons. The highest BCUT2D eigenvalue weighted by atomic mass is 16.7. The predicted molar refractivity (Wildman–Crippen MR) is 45.2 cm³/mol. The van der Waals surface area contributed by atoms with Crippen LogP contribution in [0, 0.1) is 0 Å². The first-order valence-corrected chi connectivity index (χ1v) is 3.92. The summed E-state index contributed by atoms with van der Waals surface area (Å²) < 4.78 is 10.6. The Morgan fingerprint density at radius 1 is 1.71 bits per heavy atom. The molecule has 1 rings (SSSR count). The van der Waals surface area contributed by atoms with Crippen LogP contribution >= 0.6 is 0 Å². The molecule has 0 amide bonds. The molecule has 1 aromatic heterocycles. The maximum absolute atomic E-state index is 11.3. The maximum atomic E-state index is 11.3. The van der Waals surface area contributed by atoms with E-state index < -0.39 is 12.3 Å². The fourth-order valence-corrected chi connectivity index (χ4v) is 0.872. The van der Waals surface area contributed by atoms with Crippen molar-refractivity contribution in [3.8, 4) is 0 Å². The molecule has 0 spiro atoms. The average Bonchev–Trinajstić information content (AvgIpc) is 2.51. The predicted octanol–water partition coefficient (Wildman–Crippen LogP) is 0.0959. The van der Waals surface area contributed by atoms with E-state index in [-0.39, 0.29) is 12.3 Å². The lowest BCUT2D eigenvalue weighted by molar-refractivity contribution is -0.149. The van der Waals surface area contributed by atoms with Crippen LogP contribution in [0.5, 0.6) is 0 Å². The minimum absolute atomic E-state index is 0.159. The van der Waals surface area contributed by atoms with Crippen molar-refractivity contribution in [1.82, 2.24) is 9.55 Å². The maximum Gasteiger partial charge on any atom is 0.377 e. The van der Waals surface area contributed by atoms with E-state index in [0.29, 0.717) is 0 Å². The van der Waals surface area contributed by atoms with Crippen LogP contribution in [-0.4, -0.2) is 28.3 Å². The summed E-state index contributed by atoms with van der Waals surface area (Å²) in [6.07, 6.45) is 2.18. The van der Waals surface area contributed by atoms with E-state index in [1.54, 1.807) is 13.2 Å². The molecule has 6 nitrogen and oxygen atoms in total. The van der Waals surface area contributed by atoms with E-state index in [0.717, 1.165) is 0 Å². The highest BCUT2D eigenvalue weighted by Gasteiger charge is 2.15. The molecule has 1 unspecified atom stereocenters. The summed E-state index contributed by atoms with van der Waals surface area (Å²) >= 11 is 0. The fourth-order valence-electron chi connectivity index (χ4n) is 0.872. The summed E-state index contributed by atoms with van der Waals surface area (Å²) in [5, 5.41) is 0. The molecule has 0 fully saturated rings. The van der Waals surface area contributed by atoms with E-state index in [1.165, 1.54) is 17.7 Å². The Kier molecular flexibility index (Phi) is 3.22. The molecule has 0 saturated heterocycles. The summed E-state index contributed by atoms with van der Waals surface area (Å²) in [6, 6.07) is 0. The molecule has 0 aliphatic heterocycles. The molecule has 1 atom stereocenters. The molecule has 6 heteroatoms. The van der Waals surface area contributed by atoms with E-state index in [4.69, 9.17) is 4.74 Å². The Hall–Kier alpha value is -1.85. The number of carbonyl (C=O) groups is 2. The molecule has 0 saturated carbocycles. The number of ether oxygens (including phenoxy) is 2. The molecule has 0 aliphatic carbocycles. The normalized spacial score (nSPS) is 11.9. The van der Waals surface area contributed by atoms with Gasteiger partial charge < -0.3 is 14.0 Å². The van der Waals surface area contributed by atoms with Crippen molar-refractivity contribution >= 4 is 12.4 Å². The Morgan fingerprint density at radius 2 is 2.43 bits per heavy atom. The zero-order chi connectivity index (χ0) is 10.6. The second kappa shape index (κ2) is 4.40. The molecular formula is C8H10N2O4. The number of imidazole rings is 1. The van der Waals surface area contributed by atoms with Gasteiger partial charge in [0.15, 0.2) is 0 Å². The summed E-state index contributed by atoms with van der Waals surface area (Å²) in [4.78, 5) is 25.0. The SMILES string of the molecule is CC(OC=O)OC(=O)c1nccn1C. The number of aromatic nitrogens is 2.